The molecular weight excluding hydrogens is 299 g/mol. The second-order valence-electron chi connectivity index (χ2n) is 4.22. The van der Waals surface area contributed by atoms with Crippen LogP contribution in [0, 0.1) is 5.82 Å². The molecule has 0 heterocycles. The van der Waals surface area contributed by atoms with Gasteiger partial charge in [-0.15, -0.1) is 0 Å². The second kappa shape index (κ2) is 7.81. The highest BCUT2D eigenvalue weighted by Crippen LogP contribution is 2.29. The molecule has 0 aliphatic rings. The first-order chi connectivity index (χ1) is 10.3. The molecule has 0 aliphatic carbocycles. The Labute approximate surface area is 125 Å². The van der Waals surface area contributed by atoms with Gasteiger partial charge in [0.1, 0.15) is 24.7 Å². The van der Waals surface area contributed by atoms with Gasteiger partial charge >= 0.3 is 11.9 Å². The van der Waals surface area contributed by atoms with E-state index in [1.54, 1.807) is 0 Å². The summed E-state index contributed by atoms with van der Waals surface area (Å²) in [5, 5.41) is 20.0. The normalized spacial score (nSPS) is 9.91. The van der Waals surface area contributed by atoms with E-state index in [0.717, 1.165) is 17.0 Å². The molecule has 0 spiro atoms. The molecule has 9 heteroatoms. The number of hydrogen-bond donors (Lipinski definition) is 3. The lowest BCUT2D eigenvalue weighted by Gasteiger charge is -2.23. The maximum Gasteiger partial charge on any atom is 0.323 e. The van der Waals surface area contributed by atoms with E-state index < -0.39 is 36.8 Å². The monoisotopic (exact) mass is 314 g/mol. The number of hydrogen-bond acceptors (Lipinski definition) is 5. The quantitative estimate of drug-likeness (QED) is 0.615. The molecule has 1 aromatic rings. The van der Waals surface area contributed by atoms with Crippen molar-refractivity contribution in [3.8, 4) is 5.75 Å². The Morgan fingerprint density at radius 1 is 1.23 bits per heavy atom. The van der Waals surface area contributed by atoms with Gasteiger partial charge in [-0.2, -0.15) is 0 Å². The number of carbonyl (C=O) groups is 3. The average Bonchev–Trinajstić information content (AvgIpc) is 2.43. The van der Waals surface area contributed by atoms with Gasteiger partial charge in [-0.25, -0.2) is 4.39 Å². The molecule has 1 aromatic carbocycles. The number of rotatable bonds is 8. The van der Waals surface area contributed by atoms with Crippen LogP contribution in [-0.2, 0) is 14.4 Å². The highest BCUT2D eigenvalue weighted by atomic mass is 19.1. The van der Waals surface area contributed by atoms with Crippen LogP contribution in [-0.4, -0.2) is 54.8 Å². The van der Waals surface area contributed by atoms with Gasteiger partial charge in [-0.1, -0.05) is 0 Å². The number of likely N-dealkylation sites (N-methyl/N-ethyl adjacent to an activating group) is 1. The minimum atomic E-state index is -1.29. The van der Waals surface area contributed by atoms with Crippen LogP contribution in [0.5, 0.6) is 5.75 Å². The Kier molecular flexibility index (Phi) is 6.11. The van der Waals surface area contributed by atoms with Gasteiger partial charge in [0.05, 0.1) is 5.69 Å². The van der Waals surface area contributed by atoms with Gasteiger partial charge in [-0.3, -0.25) is 14.4 Å². The summed E-state index contributed by atoms with van der Waals surface area (Å²) < 4.78 is 18.6. The van der Waals surface area contributed by atoms with Gasteiger partial charge in [0.15, 0.2) is 6.61 Å². The Balaban J connectivity index is 3.09. The molecule has 0 fully saturated rings. The summed E-state index contributed by atoms with van der Waals surface area (Å²) in [7, 11) is 1.40. The molecule has 0 atom stereocenters. The number of carboxylic acids is 2. The van der Waals surface area contributed by atoms with Crippen molar-refractivity contribution in [2.24, 2.45) is 0 Å². The van der Waals surface area contributed by atoms with E-state index in [1.807, 2.05) is 0 Å². The third-order valence-corrected chi connectivity index (χ3v) is 2.55. The van der Waals surface area contributed by atoms with Crippen LogP contribution in [0.25, 0.3) is 0 Å². The highest BCUT2D eigenvalue weighted by molar-refractivity contribution is 5.81. The van der Waals surface area contributed by atoms with Crippen LogP contribution < -0.4 is 15.0 Å². The Morgan fingerprint density at radius 3 is 2.32 bits per heavy atom. The summed E-state index contributed by atoms with van der Waals surface area (Å²) in [4.78, 5) is 33.8. The van der Waals surface area contributed by atoms with Gasteiger partial charge in [0, 0.05) is 13.1 Å². The molecule has 0 aliphatic heterocycles. The van der Waals surface area contributed by atoms with E-state index in [1.165, 1.54) is 13.1 Å². The average molecular weight is 314 g/mol. The van der Waals surface area contributed by atoms with Gasteiger partial charge in [0.25, 0.3) is 5.91 Å². The lowest BCUT2D eigenvalue weighted by atomic mass is 10.2. The van der Waals surface area contributed by atoms with E-state index in [4.69, 9.17) is 14.9 Å². The van der Waals surface area contributed by atoms with Gasteiger partial charge < -0.3 is 25.2 Å². The number of halogens is 1. The minimum Gasteiger partial charge on any atom is -0.482 e. The number of aliphatic carboxylic acids is 2. The van der Waals surface area contributed by atoms with E-state index in [-0.39, 0.29) is 18.0 Å². The first-order valence-corrected chi connectivity index (χ1v) is 6.15. The summed E-state index contributed by atoms with van der Waals surface area (Å²) in [5.74, 6) is -3.71. The van der Waals surface area contributed by atoms with Crippen molar-refractivity contribution in [1.82, 2.24) is 5.32 Å². The zero-order chi connectivity index (χ0) is 16.7. The molecule has 1 rings (SSSR count). The zero-order valence-electron chi connectivity index (χ0n) is 11.7. The predicted octanol–water partition coefficient (Wildman–Crippen LogP) is -0.0739. The van der Waals surface area contributed by atoms with Crippen molar-refractivity contribution in [2.45, 2.75) is 0 Å². The van der Waals surface area contributed by atoms with Crippen LogP contribution >= 0.6 is 0 Å². The van der Waals surface area contributed by atoms with Crippen molar-refractivity contribution in [1.29, 1.82) is 0 Å². The standard InChI is InChI=1S/C13H15FN2O6/c1-15-11(17)7-22-10-3-2-8(14)4-9(10)16(5-12(18)19)6-13(20)21/h2-4H,5-7H2,1H3,(H,15,17)(H,18,19)(H,20,21). The van der Waals surface area contributed by atoms with Gasteiger partial charge in [0.2, 0.25) is 0 Å². The largest absolute Gasteiger partial charge is 0.482 e. The molecule has 8 nitrogen and oxygen atoms in total. The third kappa shape index (κ3) is 5.27. The lowest BCUT2D eigenvalue weighted by molar-refractivity contribution is -0.136. The van der Waals surface area contributed by atoms with Crippen LogP contribution in [0.15, 0.2) is 18.2 Å². The van der Waals surface area contributed by atoms with Crippen molar-refractivity contribution >= 4 is 23.5 Å². The molecular formula is C13H15FN2O6. The summed E-state index contributed by atoms with van der Waals surface area (Å²) in [6.07, 6.45) is 0. The van der Waals surface area contributed by atoms with Crippen LogP contribution in [0.3, 0.4) is 0 Å². The molecule has 0 saturated heterocycles. The van der Waals surface area contributed by atoms with Crippen molar-refractivity contribution < 1.29 is 33.7 Å². The number of benzene rings is 1. The molecule has 22 heavy (non-hydrogen) atoms. The molecule has 1 amide bonds. The topological polar surface area (TPSA) is 116 Å². The van der Waals surface area contributed by atoms with E-state index in [9.17, 15) is 18.8 Å². The SMILES string of the molecule is CNC(=O)COc1ccc(F)cc1N(CC(=O)O)CC(=O)O. The summed E-state index contributed by atoms with van der Waals surface area (Å²) in [5.41, 5.74) is -0.0614. The lowest BCUT2D eigenvalue weighted by Crippen LogP contribution is -2.35. The number of amides is 1. The zero-order valence-corrected chi connectivity index (χ0v) is 11.7. The fourth-order valence-corrected chi connectivity index (χ4v) is 1.63. The number of anilines is 1. The Bertz CT molecular complexity index is 562. The van der Waals surface area contributed by atoms with Crippen LogP contribution in [0.2, 0.25) is 0 Å². The molecule has 120 valence electrons. The van der Waals surface area contributed by atoms with Gasteiger partial charge in [-0.05, 0) is 12.1 Å². The number of ether oxygens (including phenoxy) is 1. The number of nitrogens with zero attached hydrogens (tertiary/aromatic N) is 1. The molecule has 0 radical (unpaired) electrons. The molecule has 0 aromatic heterocycles. The Hall–Kier alpha value is -2.84. The highest BCUT2D eigenvalue weighted by Gasteiger charge is 2.19. The smallest absolute Gasteiger partial charge is 0.323 e. The van der Waals surface area contributed by atoms with E-state index >= 15 is 0 Å². The van der Waals surface area contributed by atoms with Crippen LogP contribution in [0.4, 0.5) is 10.1 Å². The van der Waals surface area contributed by atoms with E-state index in [2.05, 4.69) is 5.32 Å². The fraction of sp³-hybridized carbons (Fsp3) is 0.308. The molecule has 0 saturated carbocycles. The third-order valence-electron chi connectivity index (χ3n) is 2.55. The Morgan fingerprint density at radius 2 is 1.82 bits per heavy atom. The van der Waals surface area contributed by atoms with E-state index in [0.29, 0.717) is 0 Å². The van der Waals surface area contributed by atoms with Crippen molar-refractivity contribution in [3.63, 3.8) is 0 Å². The van der Waals surface area contributed by atoms with Crippen molar-refractivity contribution in [3.05, 3.63) is 24.0 Å². The minimum absolute atomic E-state index is 0.00694. The van der Waals surface area contributed by atoms with Crippen molar-refractivity contribution in [2.75, 3.05) is 31.6 Å². The maximum absolute atomic E-state index is 13.4. The molecule has 0 unspecified atom stereocenters. The summed E-state index contributed by atoms with van der Waals surface area (Å²) in [6, 6.07) is 3.21. The fourth-order valence-electron chi connectivity index (χ4n) is 1.63. The van der Waals surface area contributed by atoms with Crippen LogP contribution in [0.1, 0.15) is 0 Å². The number of carbonyl (C=O) groups excluding carboxylic acids is 1. The first kappa shape index (κ1) is 17.2. The first-order valence-electron chi connectivity index (χ1n) is 6.15. The number of carboxylic acid groups (broad SMARTS) is 2. The summed E-state index contributed by atoms with van der Waals surface area (Å²) in [6.45, 7) is -1.69. The maximum atomic E-state index is 13.4. The second-order valence-corrected chi connectivity index (χ2v) is 4.22. The number of nitrogens with one attached hydrogen (secondary N) is 1. The predicted molar refractivity (Wildman–Crippen MR) is 73.4 cm³/mol. The molecule has 3 N–H and O–H groups in total. The molecule has 0 bridgehead atoms. The summed E-state index contributed by atoms with van der Waals surface area (Å²) >= 11 is 0.